The number of thiazole rings is 1. The second-order valence-electron chi connectivity index (χ2n) is 7.00. The fraction of sp³-hybridized carbons (Fsp3) is 0.0833. The summed E-state index contributed by atoms with van der Waals surface area (Å²) in [6.45, 7) is 2.11. The van der Waals surface area contributed by atoms with E-state index in [0.29, 0.717) is 27.9 Å². The lowest BCUT2D eigenvalue weighted by molar-refractivity contribution is 0.0953. The number of aromatic nitrogens is 2. The third kappa shape index (κ3) is 4.65. The Morgan fingerprint density at radius 1 is 0.938 bits per heavy atom. The third-order valence-corrected chi connectivity index (χ3v) is 5.87. The van der Waals surface area contributed by atoms with Crippen LogP contribution in [0.5, 0.6) is 0 Å². The van der Waals surface area contributed by atoms with Crippen LogP contribution in [0.1, 0.15) is 31.3 Å². The van der Waals surface area contributed by atoms with Crippen LogP contribution in [0.4, 0.5) is 5.69 Å². The molecule has 0 fully saturated rings. The molecule has 0 aliphatic rings. The van der Waals surface area contributed by atoms with E-state index >= 15 is 0 Å². The minimum Gasteiger partial charge on any atom is -0.347 e. The molecule has 2 heterocycles. The molecule has 2 N–H and O–H groups in total. The molecule has 7 nitrogen and oxygen atoms in total. The summed E-state index contributed by atoms with van der Waals surface area (Å²) < 4.78 is 1.28. The highest BCUT2D eigenvalue weighted by Gasteiger charge is 2.19. The Labute approximate surface area is 188 Å². The molecule has 8 heteroatoms. The number of carbonyl (C=O) groups excluding carboxylic acids is 2. The van der Waals surface area contributed by atoms with Gasteiger partial charge < -0.3 is 10.6 Å². The maximum absolute atomic E-state index is 13.0. The molecule has 2 aromatic heterocycles. The normalized spacial score (nSPS) is 10.5. The molecule has 0 aliphatic carbocycles. The van der Waals surface area contributed by atoms with Crippen LogP contribution >= 0.6 is 11.3 Å². The minimum atomic E-state index is -0.510. The van der Waals surface area contributed by atoms with Gasteiger partial charge in [0, 0.05) is 18.4 Å². The van der Waals surface area contributed by atoms with Gasteiger partial charge in [0.25, 0.3) is 17.4 Å². The van der Waals surface area contributed by atoms with Gasteiger partial charge in [0.15, 0.2) is 5.13 Å². The summed E-state index contributed by atoms with van der Waals surface area (Å²) in [4.78, 5) is 43.0. The molecule has 0 radical (unpaired) electrons. The van der Waals surface area contributed by atoms with Gasteiger partial charge in [-0.3, -0.25) is 19.0 Å². The topological polar surface area (TPSA) is 93.1 Å². The molecular weight excluding hydrogens is 424 g/mol. The zero-order valence-electron chi connectivity index (χ0n) is 17.2. The first-order valence-corrected chi connectivity index (χ1v) is 10.7. The zero-order chi connectivity index (χ0) is 22.5. The van der Waals surface area contributed by atoms with E-state index in [1.807, 2.05) is 36.4 Å². The first-order chi connectivity index (χ1) is 15.5. The standard InChI is InChI=1S/C24H20N4O3S/c1-16-20(22(30)25-15-17-9-4-2-5-10-17)32-24(26-16)28-14-8-13-19(23(28)31)21(29)27-18-11-6-3-7-12-18/h2-14H,15H2,1H3,(H,25,30)(H,27,29). The van der Waals surface area contributed by atoms with Crippen LogP contribution in [-0.4, -0.2) is 21.4 Å². The average Bonchev–Trinajstić information content (AvgIpc) is 3.20. The molecule has 0 unspecified atom stereocenters. The monoisotopic (exact) mass is 444 g/mol. The van der Waals surface area contributed by atoms with E-state index in [2.05, 4.69) is 15.6 Å². The predicted octanol–water partition coefficient (Wildman–Crippen LogP) is 3.78. The highest BCUT2D eigenvalue weighted by atomic mass is 32.1. The smallest absolute Gasteiger partial charge is 0.269 e. The van der Waals surface area contributed by atoms with Crippen molar-refractivity contribution in [3.8, 4) is 5.13 Å². The highest BCUT2D eigenvalue weighted by Crippen LogP contribution is 2.21. The second kappa shape index (κ2) is 9.40. The molecular formula is C24H20N4O3S. The van der Waals surface area contributed by atoms with E-state index in [9.17, 15) is 14.4 Å². The Kier molecular flexibility index (Phi) is 6.23. The van der Waals surface area contributed by atoms with Crippen LogP contribution in [-0.2, 0) is 6.54 Å². The van der Waals surface area contributed by atoms with Crippen molar-refractivity contribution in [3.05, 3.63) is 111 Å². The molecule has 0 saturated carbocycles. The zero-order valence-corrected chi connectivity index (χ0v) is 18.1. The van der Waals surface area contributed by atoms with Crippen molar-refractivity contribution in [2.45, 2.75) is 13.5 Å². The number of nitrogens with one attached hydrogen (secondary N) is 2. The van der Waals surface area contributed by atoms with Crippen LogP contribution in [0.2, 0.25) is 0 Å². The van der Waals surface area contributed by atoms with Gasteiger partial charge in [0.05, 0.1) is 5.69 Å². The largest absolute Gasteiger partial charge is 0.347 e. The van der Waals surface area contributed by atoms with E-state index in [1.54, 1.807) is 37.3 Å². The number of nitrogens with zero attached hydrogens (tertiary/aromatic N) is 2. The van der Waals surface area contributed by atoms with Crippen molar-refractivity contribution < 1.29 is 9.59 Å². The van der Waals surface area contributed by atoms with E-state index < -0.39 is 11.5 Å². The number of hydrogen-bond donors (Lipinski definition) is 2. The van der Waals surface area contributed by atoms with Crippen LogP contribution in [0, 0.1) is 6.92 Å². The van der Waals surface area contributed by atoms with Gasteiger partial charge in [-0.2, -0.15) is 0 Å². The summed E-state index contributed by atoms with van der Waals surface area (Å²) in [6, 6.07) is 21.6. The predicted molar refractivity (Wildman–Crippen MR) is 124 cm³/mol. The SMILES string of the molecule is Cc1nc(-n2cccc(C(=O)Nc3ccccc3)c2=O)sc1C(=O)NCc1ccccc1. The summed E-state index contributed by atoms with van der Waals surface area (Å²) in [7, 11) is 0. The van der Waals surface area contributed by atoms with Gasteiger partial charge in [0.2, 0.25) is 0 Å². The first kappa shape index (κ1) is 21.2. The number of anilines is 1. The van der Waals surface area contributed by atoms with Gasteiger partial charge in [-0.25, -0.2) is 4.98 Å². The quantitative estimate of drug-likeness (QED) is 0.473. The Balaban J connectivity index is 1.55. The summed E-state index contributed by atoms with van der Waals surface area (Å²) in [6.07, 6.45) is 1.53. The molecule has 2 amide bonds. The van der Waals surface area contributed by atoms with Crippen LogP contribution in [0.3, 0.4) is 0 Å². The lowest BCUT2D eigenvalue weighted by Gasteiger charge is -2.06. The van der Waals surface area contributed by atoms with Crippen molar-refractivity contribution in [2.75, 3.05) is 5.32 Å². The molecule has 0 atom stereocenters. The summed E-state index contributed by atoms with van der Waals surface area (Å²) in [5, 5.41) is 5.91. The van der Waals surface area contributed by atoms with Crippen molar-refractivity contribution >= 4 is 28.8 Å². The first-order valence-electron chi connectivity index (χ1n) is 9.91. The minimum absolute atomic E-state index is 0.0146. The molecule has 0 saturated heterocycles. The van der Waals surface area contributed by atoms with E-state index in [-0.39, 0.29) is 11.5 Å². The molecule has 0 spiro atoms. The maximum Gasteiger partial charge on any atom is 0.269 e. The Morgan fingerprint density at radius 3 is 2.34 bits per heavy atom. The van der Waals surface area contributed by atoms with Crippen LogP contribution < -0.4 is 16.2 Å². The van der Waals surface area contributed by atoms with Crippen molar-refractivity contribution in [1.82, 2.24) is 14.9 Å². The number of benzene rings is 2. The lowest BCUT2D eigenvalue weighted by Crippen LogP contribution is -2.27. The number of hydrogen-bond acceptors (Lipinski definition) is 5. The summed E-state index contributed by atoms with van der Waals surface area (Å²) >= 11 is 1.10. The molecule has 0 aliphatic heterocycles. The number of aryl methyl sites for hydroxylation is 1. The van der Waals surface area contributed by atoms with Gasteiger partial charge in [-0.1, -0.05) is 59.9 Å². The van der Waals surface area contributed by atoms with Gasteiger partial charge >= 0.3 is 0 Å². The van der Waals surface area contributed by atoms with Crippen LogP contribution in [0.25, 0.3) is 5.13 Å². The van der Waals surface area contributed by atoms with E-state index in [4.69, 9.17) is 0 Å². The maximum atomic E-state index is 13.0. The highest BCUT2D eigenvalue weighted by molar-refractivity contribution is 7.16. The summed E-state index contributed by atoms with van der Waals surface area (Å²) in [5.41, 5.74) is 1.57. The molecule has 4 aromatic rings. The number of amides is 2. The van der Waals surface area contributed by atoms with Gasteiger partial charge in [-0.05, 0) is 36.8 Å². The van der Waals surface area contributed by atoms with E-state index in [1.165, 1.54) is 16.8 Å². The van der Waals surface area contributed by atoms with Gasteiger partial charge in [-0.15, -0.1) is 0 Å². The third-order valence-electron chi connectivity index (χ3n) is 4.72. The molecule has 32 heavy (non-hydrogen) atoms. The average molecular weight is 445 g/mol. The fourth-order valence-corrected chi connectivity index (χ4v) is 4.06. The second-order valence-corrected chi connectivity index (χ2v) is 7.97. The molecule has 160 valence electrons. The Morgan fingerprint density at radius 2 is 1.62 bits per heavy atom. The number of rotatable bonds is 6. The molecule has 0 bridgehead atoms. The summed E-state index contributed by atoms with van der Waals surface area (Å²) in [5.74, 6) is -0.772. The number of para-hydroxylation sites is 1. The van der Waals surface area contributed by atoms with E-state index in [0.717, 1.165) is 16.9 Å². The van der Waals surface area contributed by atoms with Crippen molar-refractivity contribution in [3.63, 3.8) is 0 Å². The Hall–Kier alpha value is -4.04. The van der Waals surface area contributed by atoms with Crippen molar-refractivity contribution in [1.29, 1.82) is 0 Å². The van der Waals surface area contributed by atoms with Crippen molar-refractivity contribution in [2.24, 2.45) is 0 Å². The number of pyridine rings is 1. The lowest BCUT2D eigenvalue weighted by atomic mass is 10.2. The fourth-order valence-electron chi connectivity index (χ4n) is 3.09. The Bertz CT molecular complexity index is 1310. The number of carbonyl (C=O) groups is 2. The molecule has 4 rings (SSSR count). The van der Waals surface area contributed by atoms with Gasteiger partial charge in [0.1, 0.15) is 10.4 Å². The molecule has 2 aromatic carbocycles. The van der Waals surface area contributed by atoms with Crippen LogP contribution in [0.15, 0.2) is 83.8 Å².